The summed E-state index contributed by atoms with van der Waals surface area (Å²) < 4.78 is 37.7. The van der Waals surface area contributed by atoms with Gasteiger partial charge in [0.2, 0.25) is 53.4 Å². The van der Waals surface area contributed by atoms with E-state index in [-0.39, 0.29) is 39.8 Å². The van der Waals surface area contributed by atoms with E-state index in [1.165, 1.54) is 26.0 Å². The summed E-state index contributed by atoms with van der Waals surface area (Å²) >= 11 is 14.2. The van der Waals surface area contributed by atoms with Crippen LogP contribution in [0.3, 0.4) is 0 Å². The highest BCUT2D eigenvalue weighted by Gasteiger charge is 2.49. The Hall–Kier alpha value is -9.49. The Bertz CT molecular complexity index is 4110. The van der Waals surface area contributed by atoms with Gasteiger partial charge in [-0.2, -0.15) is 0 Å². The van der Waals surface area contributed by atoms with Gasteiger partial charge in [0, 0.05) is 29.2 Å². The van der Waals surface area contributed by atoms with Crippen molar-refractivity contribution < 1.29 is 118 Å². The molecule has 11 bridgehead atoms. The number of hydrogen-bond donors (Lipinski definition) is 18. The number of primary amides is 1. The molecule has 7 aliphatic rings. The molecule has 0 saturated carbocycles. The maximum absolute atomic E-state index is 16.1. The first-order chi connectivity index (χ1) is 47.1. The fraction of sp³-hybridized carbons (Fsp3) is 0.400. The van der Waals surface area contributed by atoms with Gasteiger partial charge in [-0.15, -0.1) is 0 Å². The number of halogens is 2. The number of phenols is 3. The second kappa shape index (κ2) is 29.4. The number of rotatable bonds is 12. The molecule has 5 aromatic carbocycles. The van der Waals surface area contributed by atoms with Gasteiger partial charge >= 0.3 is 5.97 Å². The molecule has 0 aromatic heterocycles. The number of aliphatic hydroxyl groups excluding tert-OH is 5. The summed E-state index contributed by atoms with van der Waals surface area (Å²) in [7, 11) is 0. The number of carbonyl (C=O) groups is 9. The van der Waals surface area contributed by atoms with Gasteiger partial charge in [0.1, 0.15) is 102 Å². The minimum atomic E-state index is -2.36. The standard InChI is InChI=1S/C65H71Cl2N9O24/c1-22(2)11-33(68)57(87)75-48-50(82)25-6-9-37(31(66)13-25)96-39-15-27-16-40(55(39)100-64-53(85)52(84)51(83)41(21-77)98-64)97-38-10-7-26(14-32(38)67)54(99-43-20-65(4,70)56(86)23(3)95-43)49-62(92)74-47(63(93)94)30-17-28(78)18-36(80)44(30)29-12-24(5-8-35(29)79)45(59(89)76-49)73-60(90)46(27)72-58(88)34(19-42(69)81)71-61(48)91/h5-10,12-18,22-23,33-34,41,43,45-54,64,77-80,82-85H,11,19-21,68,70H2,1-4H3,(H2,69,81)(H,71,91)(H,72,88)(H,73,90)(H,74,92)(H,75,87)(H,76,89)(H,93,94)/t23-,33+,34?,41+,43-,45+,46+,47-,48+,49-,50+,51+,52-,53+,54+,64-,65-/m0/s1. The Morgan fingerprint density at radius 2 is 1.32 bits per heavy atom. The molecule has 7 heterocycles. The molecule has 33 nitrogen and oxygen atoms in total. The van der Waals surface area contributed by atoms with E-state index < -0.39 is 243 Å². The van der Waals surface area contributed by atoms with Gasteiger partial charge in [-0.1, -0.05) is 55.2 Å². The van der Waals surface area contributed by atoms with E-state index in [1.54, 1.807) is 13.8 Å². The predicted octanol–water partition coefficient (Wildman–Crippen LogP) is 0.0537. The monoisotopic (exact) mass is 1430 g/mol. The molecule has 0 radical (unpaired) electrons. The zero-order chi connectivity index (χ0) is 72.8. The molecular formula is C65H71Cl2N9O24. The first-order valence-electron chi connectivity index (χ1n) is 31.0. The van der Waals surface area contributed by atoms with Crippen molar-refractivity contribution >= 4 is 76.3 Å². The largest absolute Gasteiger partial charge is 0.508 e. The summed E-state index contributed by atoms with van der Waals surface area (Å²) in [6.07, 6.45) is -18.3. The number of carboxylic acids is 1. The number of ketones is 1. The number of carboxylic acid groups (broad SMARTS) is 1. The maximum Gasteiger partial charge on any atom is 0.330 e. The quantitative estimate of drug-likeness (QED) is 0.0785. The topological polar surface area (TPSA) is 541 Å². The molecule has 2 saturated heterocycles. The number of fused-ring (bicyclic) bond motifs is 15. The van der Waals surface area contributed by atoms with Crippen molar-refractivity contribution in [3.05, 3.63) is 117 Å². The van der Waals surface area contributed by atoms with E-state index in [4.69, 9.17) is 68.8 Å². The number of phenolic OH excluding ortho intramolecular Hbond substituents is 3. The zero-order valence-electron chi connectivity index (χ0n) is 53.3. The minimum Gasteiger partial charge on any atom is -0.508 e. The highest BCUT2D eigenvalue weighted by Crippen LogP contribution is 2.50. The van der Waals surface area contributed by atoms with Crippen LogP contribution in [0.15, 0.2) is 78.9 Å². The predicted molar refractivity (Wildman–Crippen MR) is 343 cm³/mol. The normalized spacial score (nSPS) is 28.9. The van der Waals surface area contributed by atoms with Crippen LogP contribution in [0.2, 0.25) is 10.0 Å². The van der Waals surface area contributed by atoms with Crippen LogP contribution < -0.4 is 63.3 Å². The van der Waals surface area contributed by atoms with Crippen molar-refractivity contribution in [3.63, 3.8) is 0 Å². The lowest BCUT2D eigenvalue weighted by molar-refractivity contribution is -0.277. The number of aromatic hydroxyl groups is 3. The molecule has 17 atom stereocenters. The number of hydrogen-bond acceptors (Lipinski definition) is 25. The number of nitrogens with one attached hydrogen (secondary N) is 6. The number of amides is 7. The summed E-state index contributed by atoms with van der Waals surface area (Å²) in [5.41, 5.74) is 13.9. The molecule has 0 aliphatic carbocycles. The fourth-order valence-corrected chi connectivity index (χ4v) is 12.6. The summed E-state index contributed by atoms with van der Waals surface area (Å²) in [5.74, 6) is -17.0. The summed E-state index contributed by atoms with van der Waals surface area (Å²) in [6, 6.07) is -1.06. The number of aliphatic carboxylic acids is 1. The van der Waals surface area contributed by atoms with E-state index in [9.17, 15) is 69.9 Å². The minimum absolute atomic E-state index is 0.0735. The van der Waals surface area contributed by atoms with Gasteiger partial charge in [0.25, 0.3) is 0 Å². The third-order valence-corrected chi connectivity index (χ3v) is 17.8. The van der Waals surface area contributed by atoms with Crippen LogP contribution in [0.1, 0.15) is 105 Å². The fourth-order valence-electron chi connectivity index (χ4n) is 12.2. The molecule has 1 unspecified atom stereocenters. The summed E-state index contributed by atoms with van der Waals surface area (Å²) in [6.45, 7) is 5.27. The average molecular weight is 1430 g/mol. The van der Waals surface area contributed by atoms with Crippen molar-refractivity contribution in [2.75, 3.05) is 6.61 Å². The molecule has 21 N–H and O–H groups in total. The molecule has 0 spiro atoms. The van der Waals surface area contributed by atoms with Gasteiger partial charge in [-0.05, 0) is 103 Å². The highest BCUT2D eigenvalue weighted by molar-refractivity contribution is 6.32. The van der Waals surface area contributed by atoms with Crippen LogP contribution in [0.25, 0.3) is 11.1 Å². The number of Topliss-reactive ketones (excluding diaryl/α,β-unsaturated/α-hetero) is 1. The Balaban J connectivity index is 1.26. The Kier molecular flexibility index (Phi) is 21.5. The SMILES string of the molecule is CC(C)C[C@@H](N)C(=O)N[C@H]1C(=O)NC(CC(N)=O)C(=O)N[C@H]2C(=O)N[C@H]3C(=O)N[C@H](C(=O)N[C@H](C(=O)O)c4cc(O)cc(O)c4-c4cc3ccc4O)[C@H](O[C@H]3C[C@](C)(N)C(=O)[C@H](C)O3)c3ccc(c(Cl)c3)Oc3cc2cc(c3O[C@@H]2O[C@H](CO)[C@@H](O)[C@H](O)[C@H]2O)Oc2ccc(cc2Cl)[C@H]1O. The maximum atomic E-state index is 16.1. The van der Waals surface area contributed by atoms with E-state index in [2.05, 4.69) is 31.9 Å². The van der Waals surface area contributed by atoms with Crippen LogP contribution in [0.5, 0.6) is 46.0 Å². The average Bonchev–Trinajstić information content (AvgIpc) is 0.769. The van der Waals surface area contributed by atoms with Crippen molar-refractivity contribution in [1.82, 2.24) is 31.9 Å². The van der Waals surface area contributed by atoms with Crippen LogP contribution in [0, 0.1) is 5.92 Å². The van der Waals surface area contributed by atoms with E-state index in [0.29, 0.717) is 0 Å². The summed E-state index contributed by atoms with van der Waals surface area (Å²) in [4.78, 5) is 131. The first kappa shape index (κ1) is 73.2. The highest BCUT2D eigenvalue weighted by atomic mass is 35.5. The number of carbonyl (C=O) groups excluding carboxylic acids is 8. The van der Waals surface area contributed by atoms with Gasteiger partial charge in [0.15, 0.2) is 29.6 Å². The molecule has 35 heteroatoms. The third-order valence-electron chi connectivity index (χ3n) is 17.2. The molecular weight excluding hydrogens is 1360 g/mol. The number of benzene rings is 5. The van der Waals surface area contributed by atoms with Crippen molar-refractivity contribution in [1.29, 1.82) is 0 Å². The molecule has 534 valence electrons. The lowest BCUT2D eigenvalue weighted by atomic mass is 9.88. The van der Waals surface area contributed by atoms with Crippen LogP contribution >= 0.6 is 23.2 Å². The molecule has 12 rings (SSSR count). The first-order valence-corrected chi connectivity index (χ1v) is 31.8. The van der Waals surface area contributed by atoms with E-state index in [1.807, 2.05) is 0 Å². The third kappa shape index (κ3) is 15.3. The zero-order valence-corrected chi connectivity index (χ0v) is 54.8. The Morgan fingerprint density at radius 1 is 0.710 bits per heavy atom. The van der Waals surface area contributed by atoms with Crippen LogP contribution in [-0.2, 0) is 57.4 Å². The second-order valence-electron chi connectivity index (χ2n) is 25.2. The molecule has 7 aliphatic heterocycles. The molecule has 7 amide bonds. The van der Waals surface area contributed by atoms with Crippen molar-refractivity contribution in [2.45, 2.75) is 150 Å². The Morgan fingerprint density at radius 3 is 1.93 bits per heavy atom. The van der Waals surface area contributed by atoms with E-state index in [0.717, 1.165) is 66.7 Å². The van der Waals surface area contributed by atoms with Gasteiger partial charge < -0.3 is 123 Å². The smallest absolute Gasteiger partial charge is 0.330 e. The van der Waals surface area contributed by atoms with Crippen LogP contribution in [0.4, 0.5) is 0 Å². The molecule has 100 heavy (non-hydrogen) atoms. The van der Waals surface area contributed by atoms with E-state index >= 15 is 19.2 Å². The summed E-state index contributed by atoms with van der Waals surface area (Å²) in [5, 5.41) is 115. The van der Waals surface area contributed by atoms with Crippen molar-refractivity contribution in [3.8, 4) is 57.1 Å². The molecule has 2 fully saturated rings. The number of ether oxygens (including phenoxy) is 6. The second-order valence-corrected chi connectivity index (χ2v) is 26.1. The van der Waals surface area contributed by atoms with Gasteiger partial charge in [0.05, 0.1) is 34.7 Å². The number of nitrogens with two attached hydrogens (primary N) is 3. The van der Waals surface area contributed by atoms with Gasteiger partial charge in [-0.3, -0.25) is 38.4 Å². The molecule has 5 aromatic rings. The lowest BCUT2D eigenvalue weighted by Gasteiger charge is -2.40. The number of aliphatic hydroxyl groups is 5. The van der Waals surface area contributed by atoms with Crippen LogP contribution in [-0.4, -0.2) is 178 Å². The Labute approximate surface area is 577 Å². The van der Waals surface area contributed by atoms with Gasteiger partial charge in [-0.25, -0.2) is 4.79 Å². The lowest BCUT2D eigenvalue weighted by Crippen LogP contribution is -2.60. The van der Waals surface area contributed by atoms with Crippen molar-refractivity contribution in [2.24, 2.45) is 23.1 Å².